The Morgan fingerprint density at radius 2 is 1.63 bits per heavy atom. The molecule has 0 unspecified atom stereocenters. The van der Waals surface area contributed by atoms with Gasteiger partial charge in [0.2, 0.25) is 17.6 Å². The molecular formula is C31H35N5O5. The normalized spacial score (nSPS) is 18.1. The Labute approximate surface area is 238 Å². The lowest BCUT2D eigenvalue weighted by Crippen LogP contribution is -2.55. The number of benzene rings is 2. The molecule has 1 aliphatic heterocycles. The van der Waals surface area contributed by atoms with Crippen LogP contribution in [0.5, 0.6) is 0 Å². The molecule has 0 spiro atoms. The molecule has 2 heterocycles. The van der Waals surface area contributed by atoms with Crippen molar-refractivity contribution in [2.24, 2.45) is 11.8 Å². The number of H-pyrrole nitrogens is 1. The molecule has 0 bridgehead atoms. The van der Waals surface area contributed by atoms with E-state index >= 15 is 0 Å². The highest BCUT2D eigenvalue weighted by Crippen LogP contribution is 2.33. The number of piperidine rings is 1. The van der Waals surface area contributed by atoms with Gasteiger partial charge in [0.25, 0.3) is 11.8 Å². The van der Waals surface area contributed by atoms with Crippen molar-refractivity contribution >= 4 is 40.3 Å². The molecular weight excluding hydrogens is 522 g/mol. The number of hydrogen-bond donors (Lipinski definition) is 5. The molecule has 1 aliphatic carbocycles. The number of rotatable bonds is 12. The van der Waals surface area contributed by atoms with E-state index in [1.807, 2.05) is 54.6 Å². The van der Waals surface area contributed by atoms with Crippen LogP contribution in [0.2, 0.25) is 0 Å². The summed E-state index contributed by atoms with van der Waals surface area (Å²) in [7, 11) is 0. The number of nitrogens with one attached hydrogen (secondary N) is 5. The molecule has 2 fully saturated rings. The number of amides is 4. The van der Waals surface area contributed by atoms with Crippen molar-refractivity contribution in [1.29, 1.82) is 0 Å². The zero-order valence-electron chi connectivity index (χ0n) is 22.8. The molecule has 2 aliphatic rings. The minimum Gasteiger partial charge on any atom is -0.356 e. The number of aromatic amines is 1. The van der Waals surface area contributed by atoms with Crippen LogP contribution in [-0.2, 0) is 25.7 Å². The number of Topliss-reactive ketones (excluding diaryl/α,β-unsaturated/α-hetero) is 1. The van der Waals surface area contributed by atoms with Gasteiger partial charge < -0.3 is 26.3 Å². The van der Waals surface area contributed by atoms with Gasteiger partial charge in [-0.15, -0.1) is 0 Å². The molecule has 2 aromatic carbocycles. The number of para-hydroxylation sites is 1. The van der Waals surface area contributed by atoms with E-state index in [4.69, 9.17) is 0 Å². The second-order valence-corrected chi connectivity index (χ2v) is 10.9. The van der Waals surface area contributed by atoms with E-state index in [1.54, 1.807) is 6.07 Å². The van der Waals surface area contributed by atoms with E-state index in [0.717, 1.165) is 35.7 Å². The minimum atomic E-state index is -1.21. The maximum absolute atomic E-state index is 13.6. The number of aromatic nitrogens is 1. The quantitative estimate of drug-likeness (QED) is 0.217. The van der Waals surface area contributed by atoms with Crippen LogP contribution < -0.4 is 21.3 Å². The minimum absolute atomic E-state index is 0.00127. The summed E-state index contributed by atoms with van der Waals surface area (Å²) in [5, 5.41) is 11.8. The third-order valence-corrected chi connectivity index (χ3v) is 7.73. The first-order valence-corrected chi connectivity index (χ1v) is 14.2. The Morgan fingerprint density at radius 1 is 0.878 bits per heavy atom. The summed E-state index contributed by atoms with van der Waals surface area (Å²) in [5.74, 6) is -3.06. The summed E-state index contributed by atoms with van der Waals surface area (Å²) >= 11 is 0. The van der Waals surface area contributed by atoms with Crippen molar-refractivity contribution in [2.45, 2.75) is 57.2 Å². The highest BCUT2D eigenvalue weighted by atomic mass is 16.2. The highest BCUT2D eigenvalue weighted by molar-refractivity contribution is 6.38. The van der Waals surface area contributed by atoms with E-state index in [2.05, 4.69) is 26.3 Å². The largest absolute Gasteiger partial charge is 0.356 e. The Hall–Kier alpha value is -4.47. The lowest BCUT2D eigenvalue weighted by molar-refractivity contribution is -0.141. The topological polar surface area (TPSA) is 149 Å². The van der Waals surface area contributed by atoms with Crippen LogP contribution >= 0.6 is 0 Å². The highest BCUT2D eigenvalue weighted by Gasteiger charge is 2.36. The van der Waals surface area contributed by atoms with Gasteiger partial charge in [-0.25, -0.2) is 0 Å². The SMILES string of the molecule is O=C(NCc1ccccc1)C(=O)[C@H](C[C@@H]1CCCNC1=O)NC(=O)[C@H](CC1CC1)NC(=O)c1cc2ccccc2[nH]1. The van der Waals surface area contributed by atoms with Gasteiger partial charge in [0, 0.05) is 29.9 Å². The molecule has 10 nitrogen and oxygen atoms in total. The molecule has 10 heteroatoms. The standard InChI is InChI=1S/C31H35N5O5/c37-27(31(41)33-18-20-7-2-1-3-8-20)24(17-22-10-6-14-32-28(22)38)35-29(39)25(15-19-12-13-19)36-30(40)26-16-21-9-4-5-11-23(21)34-26/h1-5,7-9,11,16,19,22,24-25,34H,6,10,12-15,17-18H2,(H,32,38)(H,33,41)(H,35,39)(H,36,40)/t22-,24-,25-/m0/s1. The molecule has 214 valence electrons. The summed E-state index contributed by atoms with van der Waals surface area (Å²) < 4.78 is 0. The van der Waals surface area contributed by atoms with Gasteiger partial charge in [0.1, 0.15) is 11.7 Å². The summed E-state index contributed by atoms with van der Waals surface area (Å²) in [4.78, 5) is 68.5. The average molecular weight is 558 g/mol. The zero-order valence-corrected chi connectivity index (χ0v) is 22.8. The van der Waals surface area contributed by atoms with Gasteiger partial charge in [0.05, 0.1) is 6.04 Å². The van der Waals surface area contributed by atoms with Gasteiger partial charge in [-0.2, -0.15) is 0 Å². The first-order valence-electron chi connectivity index (χ1n) is 14.2. The number of fused-ring (bicyclic) bond motifs is 1. The Bertz CT molecular complexity index is 1400. The fourth-order valence-corrected chi connectivity index (χ4v) is 5.22. The van der Waals surface area contributed by atoms with E-state index in [1.165, 1.54) is 0 Å². The smallest absolute Gasteiger partial charge is 0.289 e. The van der Waals surface area contributed by atoms with E-state index < -0.39 is 41.5 Å². The Kier molecular flexibility index (Phi) is 8.76. The third-order valence-electron chi connectivity index (χ3n) is 7.73. The second-order valence-electron chi connectivity index (χ2n) is 10.9. The van der Waals surface area contributed by atoms with Crippen molar-refractivity contribution < 1.29 is 24.0 Å². The number of carbonyl (C=O) groups is 5. The fraction of sp³-hybridized carbons (Fsp3) is 0.387. The van der Waals surface area contributed by atoms with Crippen molar-refractivity contribution in [3.63, 3.8) is 0 Å². The Morgan fingerprint density at radius 3 is 2.37 bits per heavy atom. The fourth-order valence-electron chi connectivity index (χ4n) is 5.22. The maximum atomic E-state index is 13.6. The molecule has 3 aromatic rings. The molecule has 5 N–H and O–H groups in total. The molecule has 41 heavy (non-hydrogen) atoms. The molecule has 5 rings (SSSR count). The maximum Gasteiger partial charge on any atom is 0.289 e. The number of hydrogen-bond acceptors (Lipinski definition) is 5. The first-order chi connectivity index (χ1) is 19.9. The average Bonchev–Trinajstić information content (AvgIpc) is 3.70. The van der Waals surface area contributed by atoms with Crippen LogP contribution in [0, 0.1) is 11.8 Å². The van der Waals surface area contributed by atoms with Crippen LogP contribution in [-0.4, -0.2) is 53.0 Å². The van der Waals surface area contributed by atoms with Gasteiger partial charge in [-0.1, -0.05) is 61.4 Å². The van der Waals surface area contributed by atoms with Crippen molar-refractivity contribution in [2.75, 3.05) is 6.54 Å². The Balaban J connectivity index is 1.29. The predicted molar refractivity (Wildman–Crippen MR) is 152 cm³/mol. The van der Waals surface area contributed by atoms with E-state index in [9.17, 15) is 24.0 Å². The van der Waals surface area contributed by atoms with Gasteiger partial charge in [0.15, 0.2) is 0 Å². The van der Waals surface area contributed by atoms with Gasteiger partial charge >= 0.3 is 0 Å². The number of ketones is 1. The lowest BCUT2D eigenvalue weighted by atomic mass is 9.89. The number of carbonyl (C=O) groups excluding carboxylic acids is 5. The lowest BCUT2D eigenvalue weighted by Gasteiger charge is -2.27. The zero-order chi connectivity index (χ0) is 28.8. The summed E-state index contributed by atoms with van der Waals surface area (Å²) in [6, 6.07) is 16.3. The second kappa shape index (κ2) is 12.8. The summed E-state index contributed by atoms with van der Waals surface area (Å²) in [5.41, 5.74) is 1.95. The predicted octanol–water partition coefficient (Wildman–Crippen LogP) is 2.35. The van der Waals surface area contributed by atoms with Gasteiger partial charge in [-0.3, -0.25) is 24.0 Å². The van der Waals surface area contributed by atoms with Crippen LogP contribution in [0.3, 0.4) is 0 Å². The first kappa shape index (κ1) is 28.1. The van der Waals surface area contributed by atoms with Crippen LogP contribution in [0.1, 0.15) is 54.6 Å². The monoisotopic (exact) mass is 557 g/mol. The van der Waals surface area contributed by atoms with Crippen LogP contribution in [0.25, 0.3) is 10.9 Å². The van der Waals surface area contributed by atoms with Crippen molar-refractivity contribution in [3.05, 3.63) is 71.9 Å². The van der Waals surface area contributed by atoms with Gasteiger partial charge in [-0.05, 0) is 49.3 Å². The molecule has 3 atom stereocenters. The van der Waals surface area contributed by atoms with E-state index in [-0.39, 0.29) is 18.9 Å². The molecule has 0 radical (unpaired) electrons. The molecule has 4 amide bonds. The molecule has 1 aromatic heterocycles. The van der Waals surface area contributed by atoms with Crippen LogP contribution in [0.4, 0.5) is 0 Å². The van der Waals surface area contributed by atoms with Crippen molar-refractivity contribution in [3.8, 4) is 0 Å². The molecule has 1 saturated carbocycles. The van der Waals surface area contributed by atoms with Crippen LogP contribution in [0.15, 0.2) is 60.7 Å². The molecule has 1 saturated heterocycles. The van der Waals surface area contributed by atoms with Crippen molar-refractivity contribution in [1.82, 2.24) is 26.3 Å². The summed E-state index contributed by atoms with van der Waals surface area (Å²) in [6.07, 6.45) is 3.64. The third kappa shape index (κ3) is 7.39. The van der Waals surface area contributed by atoms with E-state index in [0.29, 0.717) is 31.0 Å². The summed E-state index contributed by atoms with van der Waals surface area (Å²) in [6.45, 7) is 0.710.